The van der Waals surface area contributed by atoms with Crippen LogP contribution in [0.25, 0.3) is 6.08 Å². The van der Waals surface area contributed by atoms with Crippen molar-refractivity contribution < 1.29 is 4.74 Å². The van der Waals surface area contributed by atoms with Crippen LogP contribution in [0.5, 0.6) is 5.88 Å². The number of ether oxygens (including phenoxy) is 1. The number of nitrogens with zero attached hydrogens (tertiary/aromatic N) is 1. The van der Waals surface area contributed by atoms with Crippen molar-refractivity contribution in [2.45, 2.75) is 13.3 Å². The normalized spacial score (nSPS) is 10.8. The minimum atomic E-state index is 0.661. The number of aromatic nitrogens is 1. The maximum absolute atomic E-state index is 5.03. The number of methoxy groups -OCH3 is 1. The van der Waals surface area contributed by atoms with Crippen LogP contribution in [-0.4, -0.2) is 17.8 Å². The Hall–Kier alpha value is -0.960. The molecule has 1 rings (SSSR count). The quantitative estimate of drug-likeness (QED) is 0.770. The molecule has 0 atom stereocenters. The third kappa shape index (κ3) is 3.07. The number of hydrogen-bond acceptors (Lipinski definition) is 3. The van der Waals surface area contributed by atoms with Gasteiger partial charge < -0.3 is 4.74 Å². The molecule has 1 heterocycles. The van der Waals surface area contributed by atoms with E-state index in [2.05, 4.69) is 29.8 Å². The summed E-state index contributed by atoms with van der Waals surface area (Å²) in [6.45, 7) is 1.98. The second-order valence-corrected chi connectivity index (χ2v) is 3.39. The molecule has 14 heavy (non-hydrogen) atoms. The molecule has 0 radical (unpaired) electrons. The number of thiol groups is 1. The molecular weight excluding hydrogens is 194 g/mol. The number of pyridine rings is 1. The highest BCUT2D eigenvalue weighted by atomic mass is 32.1. The molecule has 1 aromatic heterocycles. The third-order valence-electron chi connectivity index (χ3n) is 1.90. The summed E-state index contributed by atoms with van der Waals surface area (Å²) < 4.78 is 5.03. The standard InChI is InChI=1S/C11H15NOS/c1-9-10(5-3-4-8-14)6-7-11(12-9)13-2/h3,5-7,14H,4,8H2,1-2H3. The van der Waals surface area contributed by atoms with Crippen LogP contribution in [0.3, 0.4) is 0 Å². The van der Waals surface area contributed by atoms with Crippen molar-refractivity contribution in [3.05, 3.63) is 29.5 Å². The fraction of sp³-hybridized carbons (Fsp3) is 0.364. The molecule has 0 aliphatic carbocycles. The smallest absolute Gasteiger partial charge is 0.213 e. The van der Waals surface area contributed by atoms with E-state index >= 15 is 0 Å². The molecule has 2 nitrogen and oxygen atoms in total. The van der Waals surface area contributed by atoms with Gasteiger partial charge in [0.25, 0.3) is 0 Å². The van der Waals surface area contributed by atoms with Crippen LogP contribution in [-0.2, 0) is 0 Å². The zero-order valence-electron chi connectivity index (χ0n) is 8.53. The van der Waals surface area contributed by atoms with Crippen LogP contribution >= 0.6 is 12.6 Å². The van der Waals surface area contributed by atoms with E-state index in [1.807, 2.05) is 19.1 Å². The predicted molar refractivity (Wildman–Crippen MR) is 63.0 cm³/mol. The maximum Gasteiger partial charge on any atom is 0.213 e. The van der Waals surface area contributed by atoms with Crippen molar-refractivity contribution in [1.29, 1.82) is 0 Å². The van der Waals surface area contributed by atoms with Crippen molar-refractivity contribution in [2.24, 2.45) is 0 Å². The highest BCUT2D eigenvalue weighted by Gasteiger charge is 1.97. The van der Waals surface area contributed by atoms with Crippen LogP contribution < -0.4 is 4.74 Å². The van der Waals surface area contributed by atoms with Gasteiger partial charge in [0.1, 0.15) is 0 Å². The van der Waals surface area contributed by atoms with E-state index in [4.69, 9.17) is 4.74 Å². The first-order valence-electron chi connectivity index (χ1n) is 4.57. The van der Waals surface area contributed by atoms with E-state index in [-0.39, 0.29) is 0 Å². The van der Waals surface area contributed by atoms with Crippen LogP contribution in [0.2, 0.25) is 0 Å². The minimum absolute atomic E-state index is 0.661. The van der Waals surface area contributed by atoms with E-state index < -0.39 is 0 Å². The second-order valence-electron chi connectivity index (χ2n) is 2.94. The Morgan fingerprint density at radius 3 is 2.86 bits per heavy atom. The zero-order valence-corrected chi connectivity index (χ0v) is 9.42. The van der Waals surface area contributed by atoms with Gasteiger partial charge in [-0.15, -0.1) is 0 Å². The van der Waals surface area contributed by atoms with Crippen molar-refractivity contribution in [2.75, 3.05) is 12.9 Å². The SMILES string of the molecule is COc1ccc(C=CCCS)c(C)n1. The number of hydrogen-bond donors (Lipinski definition) is 1. The maximum atomic E-state index is 5.03. The first-order valence-corrected chi connectivity index (χ1v) is 5.20. The summed E-state index contributed by atoms with van der Waals surface area (Å²) >= 11 is 4.14. The van der Waals surface area contributed by atoms with Gasteiger partial charge in [0.05, 0.1) is 7.11 Å². The molecule has 0 unspecified atom stereocenters. The molecule has 0 amide bonds. The fourth-order valence-corrected chi connectivity index (χ4v) is 1.27. The van der Waals surface area contributed by atoms with Gasteiger partial charge in [0.2, 0.25) is 5.88 Å². The first-order chi connectivity index (χ1) is 6.77. The third-order valence-corrected chi connectivity index (χ3v) is 2.16. The zero-order chi connectivity index (χ0) is 10.4. The van der Waals surface area contributed by atoms with Gasteiger partial charge >= 0.3 is 0 Å². The lowest BCUT2D eigenvalue weighted by molar-refractivity contribution is 0.397. The lowest BCUT2D eigenvalue weighted by atomic mass is 10.2. The van der Waals surface area contributed by atoms with Crippen LogP contribution in [0.4, 0.5) is 0 Å². The van der Waals surface area contributed by atoms with E-state index in [9.17, 15) is 0 Å². The predicted octanol–water partition coefficient (Wildman–Crippen LogP) is 2.73. The Bertz CT molecular complexity index is 323. The molecule has 0 saturated carbocycles. The Kier molecular flexibility index (Phi) is 4.53. The van der Waals surface area contributed by atoms with Gasteiger partial charge in [0.15, 0.2) is 0 Å². The summed E-state index contributed by atoms with van der Waals surface area (Å²) in [5.41, 5.74) is 2.12. The fourth-order valence-electron chi connectivity index (χ4n) is 1.12. The summed E-state index contributed by atoms with van der Waals surface area (Å²) in [5.74, 6) is 1.54. The molecule has 0 bridgehead atoms. The second kappa shape index (κ2) is 5.70. The van der Waals surface area contributed by atoms with Gasteiger partial charge in [-0.3, -0.25) is 0 Å². The van der Waals surface area contributed by atoms with Gasteiger partial charge in [0, 0.05) is 11.8 Å². The van der Waals surface area contributed by atoms with E-state index in [1.54, 1.807) is 7.11 Å². The molecule has 0 aromatic carbocycles. The van der Waals surface area contributed by atoms with E-state index in [0.717, 1.165) is 23.4 Å². The highest BCUT2D eigenvalue weighted by molar-refractivity contribution is 7.80. The average molecular weight is 209 g/mol. The molecule has 0 fully saturated rings. The van der Waals surface area contributed by atoms with Gasteiger partial charge in [-0.05, 0) is 30.7 Å². The van der Waals surface area contributed by atoms with Crippen molar-refractivity contribution >= 4 is 18.7 Å². The lowest BCUT2D eigenvalue weighted by Crippen LogP contribution is -1.91. The molecule has 1 aromatic rings. The molecule has 0 saturated heterocycles. The van der Waals surface area contributed by atoms with Crippen molar-refractivity contribution in [3.8, 4) is 5.88 Å². The van der Waals surface area contributed by atoms with Crippen LogP contribution in [0.1, 0.15) is 17.7 Å². The molecule has 0 spiro atoms. The Morgan fingerprint density at radius 1 is 1.50 bits per heavy atom. The molecule has 76 valence electrons. The Labute approximate surface area is 90.4 Å². The number of rotatable bonds is 4. The van der Waals surface area contributed by atoms with Crippen LogP contribution in [0, 0.1) is 6.92 Å². The summed E-state index contributed by atoms with van der Waals surface area (Å²) in [5, 5.41) is 0. The summed E-state index contributed by atoms with van der Waals surface area (Å²) in [6, 6.07) is 3.88. The van der Waals surface area contributed by atoms with Crippen molar-refractivity contribution in [1.82, 2.24) is 4.98 Å². The molecule has 3 heteroatoms. The van der Waals surface area contributed by atoms with Gasteiger partial charge in [-0.25, -0.2) is 4.98 Å². The topological polar surface area (TPSA) is 22.1 Å². The lowest BCUT2D eigenvalue weighted by Gasteiger charge is -2.02. The molecule has 0 aliphatic heterocycles. The van der Waals surface area contributed by atoms with E-state index in [1.165, 1.54) is 0 Å². The monoisotopic (exact) mass is 209 g/mol. The largest absolute Gasteiger partial charge is 0.481 e. The van der Waals surface area contributed by atoms with Crippen LogP contribution in [0.15, 0.2) is 18.2 Å². The van der Waals surface area contributed by atoms with Gasteiger partial charge in [-0.1, -0.05) is 12.2 Å². The van der Waals surface area contributed by atoms with E-state index in [0.29, 0.717) is 5.88 Å². The van der Waals surface area contributed by atoms with Crippen molar-refractivity contribution in [3.63, 3.8) is 0 Å². The Morgan fingerprint density at radius 2 is 2.29 bits per heavy atom. The minimum Gasteiger partial charge on any atom is -0.481 e. The number of allylic oxidation sites excluding steroid dienone is 1. The first kappa shape index (κ1) is 11.1. The summed E-state index contributed by atoms with van der Waals surface area (Å²) in [7, 11) is 1.62. The molecule has 0 N–H and O–H groups in total. The summed E-state index contributed by atoms with van der Waals surface area (Å²) in [6.07, 6.45) is 5.15. The molecular formula is C11H15NOS. The average Bonchev–Trinajstić information content (AvgIpc) is 2.20. The Balaban J connectivity index is 2.78. The highest BCUT2D eigenvalue weighted by Crippen LogP contribution is 2.13. The number of aryl methyl sites for hydroxylation is 1. The van der Waals surface area contributed by atoms with Gasteiger partial charge in [-0.2, -0.15) is 12.6 Å². The summed E-state index contributed by atoms with van der Waals surface area (Å²) in [4.78, 5) is 4.28. The molecule has 0 aliphatic rings.